The van der Waals surface area contributed by atoms with Crippen LogP contribution in [0.3, 0.4) is 0 Å². The highest BCUT2D eigenvalue weighted by Gasteiger charge is 2.26. The topological polar surface area (TPSA) is 114 Å². The molecule has 1 aliphatic rings. The first-order valence-corrected chi connectivity index (χ1v) is 7.54. The van der Waals surface area contributed by atoms with Crippen LogP contribution in [0.2, 0.25) is 0 Å². The van der Waals surface area contributed by atoms with E-state index in [2.05, 4.69) is 12.2 Å². The summed E-state index contributed by atoms with van der Waals surface area (Å²) in [5.41, 5.74) is 2.45. The summed E-state index contributed by atoms with van der Waals surface area (Å²) in [5.74, 6) is -0.331. The number of rotatable bonds is 5. The van der Waals surface area contributed by atoms with Gasteiger partial charge in [-0.25, -0.2) is 9.59 Å². The molecule has 1 heterocycles. The molecule has 0 saturated heterocycles. The van der Waals surface area contributed by atoms with Gasteiger partial charge in [0, 0.05) is 23.8 Å². The first kappa shape index (κ1) is 20.3. The monoisotopic (exact) mass is 353 g/mol. The summed E-state index contributed by atoms with van der Waals surface area (Å²) in [6.45, 7) is 3.11. The van der Waals surface area contributed by atoms with Crippen molar-refractivity contribution in [2.24, 2.45) is 0 Å². The van der Waals surface area contributed by atoms with Gasteiger partial charge in [-0.15, -0.1) is 0 Å². The smallest absolute Gasteiger partial charge is 0.328 e. The van der Waals surface area contributed by atoms with Gasteiger partial charge in [-0.05, 0) is 31.5 Å². The Labute approximate surface area is 146 Å². The maximum Gasteiger partial charge on any atom is 0.328 e. The molecule has 0 amide bonds. The largest absolute Gasteiger partial charge is 0.493 e. The van der Waals surface area contributed by atoms with Crippen LogP contribution in [0.25, 0.3) is 0 Å². The normalized spacial score (nSPS) is 15.6. The van der Waals surface area contributed by atoms with Crippen molar-refractivity contribution >= 4 is 11.9 Å². The molecule has 0 bridgehead atoms. The summed E-state index contributed by atoms with van der Waals surface area (Å²) in [4.78, 5) is 19.1. The molecule has 1 atom stereocenters. The van der Waals surface area contributed by atoms with Crippen LogP contribution < -0.4 is 19.5 Å². The molecule has 0 fully saturated rings. The quantitative estimate of drug-likeness (QED) is 0.684. The number of benzene rings is 1. The van der Waals surface area contributed by atoms with Gasteiger partial charge in [0.05, 0.1) is 21.3 Å². The second-order valence-corrected chi connectivity index (χ2v) is 5.15. The summed E-state index contributed by atoms with van der Waals surface area (Å²) < 4.78 is 16.3. The molecule has 0 aromatic heterocycles. The standard InChI is InChI=1S/C13H19NO3.C4H4O4/c1-8-11-9(5-6-14-8)7-10(15-2)12(16-3)13(11)17-4;5-3(6)1-2-4(7)8/h7-8,14H,5-6H2,1-4H3;1-2H,(H,5,6)(H,7,8)/b;2-1+. The van der Waals surface area contributed by atoms with Gasteiger partial charge in [-0.3, -0.25) is 0 Å². The van der Waals surface area contributed by atoms with Crippen molar-refractivity contribution < 1.29 is 34.0 Å². The fraction of sp³-hybridized carbons (Fsp3) is 0.412. The van der Waals surface area contributed by atoms with E-state index in [9.17, 15) is 9.59 Å². The van der Waals surface area contributed by atoms with E-state index in [0.29, 0.717) is 17.9 Å². The minimum absolute atomic E-state index is 0.272. The summed E-state index contributed by atoms with van der Waals surface area (Å²) >= 11 is 0. The van der Waals surface area contributed by atoms with Crippen LogP contribution in [-0.2, 0) is 16.0 Å². The molecule has 1 aromatic rings. The van der Waals surface area contributed by atoms with Crippen molar-refractivity contribution in [1.29, 1.82) is 0 Å². The zero-order valence-corrected chi connectivity index (χ0v) is 14.7. The minimum Gasteiger partial charge on any atom is -0.493 e. The second-order valence-electron chi connectivity index (χ2n) is 5.15. The molecule has 8 nitrogen and oxygen atoms in total. The van der Waals surface area contributed by atoms with E-state index in [1.165, 1.54) is 11.1 Å². The number of hydrogen-bond acceptors (Lipinski definition) is 6. The summed E-state index contributed by atoms with van der Waals surface area (Å²) in [6.07, 6.45) is 2.10. The second kappa shape index (κ2) is 9.53. The van der Waals surface area contributed by atoms with E-state index in [4.69, 9.17) is 24.4 Å². The van der Waals surface area contributed by atoms with Gasteiger partial charge in [-0.1, -0.05) is 0 Å². The Bertz CT molecular complexity index is 639. The summed E-state index contributed by atoms with van der Waals surface area (Å²) in [5, 5.41) is 19.0. The van der Waals surface area contributed by atoms with Gasteiger partial charge >= 0.3 is 11.9 Å². The van der Waals surface area contributed by atoms with Crippen LogP contribution in [0, 0.1) is 0 Å². The Hall–Kier alpha value is -2.74. The SMILES string of the molecule is COc1cc2c(c(OC)c1OC)C(C)NCC2.O=C(O)/C=C/C(=O)O. The predicted molar refractivity (Wildman–Crippen MR) is 90.6 cm³/mol. The van der Waals surface area contributed by atoms with E-state index in [-0.39, 0.29) is 6.04 Å². The number of ether oxygens (including phenoxy) is 3. The van der Waals surface area contributed by atoms with Crippen LogP contribution in [-0.4, -0.2) is 50.0 Å². The van der Waals surface area contributed by atoms with Crippen LogP contribution in [0.1, 0.15) is 24.1 Å². The van der Waals surface area contributed by atoms with Gasteiger partial charge < -0.3 is 29.7 Å². The third-order valence-corrected chi connectivity index (χ3v) is 3.60. The van der Waals surface area contributed by atoms with Gasteiger partial charge in [0.2, 0.25) is 5.75 Å². The molecule has 1 aromatic carbocycles. The number of hydrogen-bond donors (Lipinski definition) is 3. The molecule has 1 unspecified atom stereocenters. The van der Waals surface area contributed by atoms with Crippen LogP contribution in [0.15, 0.2) is 18.2 Å². The lowest BCUT2D eigenvalue weighted by molar-refractivity contribution is -0.134. The molecular formula is C17H23NO7. The fourth-order valence-corrected chi connectivity index (χ4v) is 2.58. The molecule has 2 rings (SSSR count). The number of methoxy groups -OCH3 is 3. The molecule has 0 radical (unpaired) electrons. The Morgan fingerprint density at radius 1 is 1.08 bits per heavy atom. The van der Waals surface area contributed by atoms with Crippen molar-refractivity contribution in [3.63, 3.8) is 0 Å². The van der Waals surface area contributed by atoms with Crippen molar-refractivity contribution in [2.75, 3.05) is 27.9 Å². The molecule has 3 N–H and O–H groups in total. The maximum atomic E-state index is 9.55. The highest BCUT2D eigenvalue weighted by Crippen LogP contribution is 2.45. The molecule has 0 saturated carbocycles. The number of nitrogens with one attached hydrogen (secondary N) is 1. The molecule has 0 spiro atoms. The van der Waals surface area contributed by atoms with E-state index in [0.717, 1.165) is 24.5 Å². The summed E-state index contributed by atoms with van der Waals surface area (Å²) in [7, 11) is 4.95. The Kier molecular flexibility index (Phi) is 7.74. The van der Waals surface area contributed by atoms with Gasteiger partial charge in [0.25, 0.3) is 0 Å². The first-order valence-electron chi connectivity index (χ1n) is 7.54. The third-order valence-electron chi connectivity index (χ3n) is 3.60. The molecule has 0 aliphatic carbocycles. The maximum absolute atomic E-state index is 9.55. The lowest BCUT2D eigenvalue weighted by atomic mass is 9.93. The Balaban J connectivity index is 0.000000333. The molecule has 25 heavy (non-hydrogen) atoms. The molecule has 1 aliphatic heterocycles. The minimum atomic E-state index is -1.26. The van der Waals surface area contributed by atoms with Crippen molar-refractivity contribution in [3.05, 3.63) is 29.3 Å². The number of carbonyl (C=O) groups is 2. The van der Waals surface area contributed by atoms with Crippen molar-refractivity contribution in [1.82, 2.24) is 5.32 Å². The number of carboxylic acids is 2. The third kappa shape index (κ3) is 5.39. The van der Waals surface area contributed by atoms with E-state index < -0.39 is 11.9 Å². The van der Waals surface area contributed by atoms with Gasteiger partial charge in [0.15, 0.2) is 11.5 Å². The highest BCUT2D eigenvalue weighted by atomic mass is 16.5. The van der Waals surface area contributed by atoms with Crippen molar-refractivity contribution in [2.45, 2.75) is 19.4 Å². The summed E-state index contributed by atoms with van der Waals surface area (Å²) in [6, 6.07) is 2.32. The van der Waals surface area contributed by atoms with E-state index >= 15 is 0 Å². The highest BCUT2D eigenvalue weighted by molar-refractivity contribution is 5.89. The Morgan fingerprint density at radius 2 is 1.64 bits per heavy atom. The van der Waals surface area contributed by atoms with Crippen LogP contribution in [0.4, 0.5) is 0 Å². The fourth-order valence-electron chi connectivity index (χ4n) is 2.58. The number of carboxylic acid groups (broad SMARTS) is 2. The zero-order chi connectivity index (χ0) is 19.0. The zero-order valence-electron chi connectivity index (χ0n) is 14.7. The molecule has 138 valence electrons. The van der Waals surface area contributed by atoms with Crippen LogP contribution >= 0.6 is 0 Å². The molecule has 8 heteroatoms. The van der Waals surface area contributed by atoms with Gasteiger partial charge in [-0.2, -0.15) is 0 Å². The van der Waals surface area contributed by atoms with E-state index in [1.807, 2.05) is 6.07 Å². The number of aliphatic carboxylic acids is 2. The average Bonchev–Trinajstić information content (AvgIpc) is 2.58. The molecular weight excluding hydrogens is 330 g/mol. The first-order chi connectivity index (χ1) is 11.8. The van der Waals surface area contributed by atoms with Gasteiger partial charge in [0.1, 0.15) is 0 Å². The Morgan fingerprint density at radius 3 is 2.08 bits per heavy atom. The lowest BCUT2D eigenvalue weighted by Crippen LogP contribution is -2.28. The van der Waals surface area contributed by atoms with Crippen LogP contribution in [0.5, 0.6) is 17.2 Å². The predicted octanol–water partition coefficient (Wildman–Crippen LogP) is 1.63. The lowest BCUT2D eigenvalue weighted by Gasteiger charge is -2.28. The van der Waals surface area contributed by atoms with E-state index in [1.54, 1.807) is 21.3 Å². The average molecular weight is 353 g/mol. The van der Waals surface area contributed by atoms with Crippen molar-refractivity contribution in [3.8, 4) is 17.2 Å². The number of fused-ring (bicyclic) bond motifs is 1.